The smallest absolute Gasteiger partial charge is 0.0981 e. The van der Waals surface area contributed by atoms with Gasteiger partial charge in [0.2, 0.25) is 0 Å². The first-order valence-corrected chi connectivity index (χ1v) is 2.41. The largest absolute Gasteiger partial charge is 0.355 e. The van der Waals surface area contributed by atoms with Crippen LogP contribution in [0.2, 0.25) is 0 Å². The minimum atomic E-state index is 0.713. The quantitative estimate of drug-likeness (QED) is 0.400. The maximum absolute atomic E-state index is 3.64. The SMILES string of the molecule is C=C1NCNC(=C)N1. The Hall–Kier alpha value is -1.12. The molecular weight excluding hydrogens is 102 g/mol. The summed E-state index contributed by atoms with van der Waals surface area (Å²) >= 11 is 0. The molecule has 0 bridgehead atoms. The molecule has 1 fully saturated rings. The van der Waals surface area contributed by atoms with Crippen LogP contribution in [0.25, 0.3) is 0 Å². The van der Waals surface area contributed by atoms with Crippen LogP contribution in [0.15, 0.2) is 24.8 Å². The van der Waals surface area contributed by atoms with Crippen molar-refractivity contribution in [3.05, 3.63) is 24.8 Å². The Morgan fingerprint density at radius 3 is 1.88 bits per heavy atom. The molecule has 0 amide bonds. The highest BCUT2D eigenvalue weighted by Gasteiger charge is 1.99. The summed E-state index contributed by atoms with van der Waals surface area (Å²) in [7, 11) is 0. The van der Waals surface area contributed by atoms with Crippen LogP contribution < -0.4 is 16.0 Å². The maximum Gasteiger partial charge on any atom is 0.0981 e. The molecule has 1 heterocycles. The van der Waals surface area contributed by atoms with Crippen LogP contribution in [-0.2, 0) is 0 Å². The summed E-state index contributed by atoms with van der Waals surface area (Å²) in [6, 6.07) is 0. The normalized spacial score (nSPS) is 18.5. The summed E-state index contributed by atoms with van der Waals surface area (Å²) in [5.74, 6) is 1.60. The average Bonchev–Trinajstić information content (AvgIpc) is 1.64. The Morgan fingerprint density at radius 2 is 1.62 bits per heavy atom. The standard InChI is InChI=1S/C5H9N3/c1-4-6-3-7-5(2)8-4/h6-8H,1-3H2. The van der Waals surface area contributed by atoms with E-state index < -0.39 is 0 Å². The summed E-state index contributed by atoms with van der Waals surface area (Å²) in [4.78, 5) is 0. The highest BCUT2D eigenvalue weighted by Crippen LogP contribution is 1.86. The van der Waals surface area contributed by atoms with E-state index in [2.05, 4.69) is 29.1 Å². The predicted molar refractivity (Wildman–Crippen MR) is 32.6 cm³/mol. The number of rotatable bonds is 0. The van der Waals surface area contributed by atoms with Crippen LogP contribution in [0.1, 0.15) is 0 Å². The van der Waals surface area contributed by atoms with Crippen molar-refractivity contribution in [2.45, 2.75) is 0 Å². The zero-order valence-corrected chi connectivity index (χ0v) is 4.62. The van der Waals surface area contributed by atoms with Crippen molar-refractivity contribution in [3.8, 4) is 0 Å². The van der Waals surface area contributed by atoms with Crippen molar-refractivity contribution in [2.24, 2.45) is 0 Å². The van der Waals surface area contributed by atoms with Crippen molar-refractivity contribution in [2.75, 3.05) is 6.67 Å². The van der Waals surface area contributed by atoms with Crippen molar-refractivity contribution >= 4 is 0 Å². The maximum atomic E-state index is 3.64. The third-order valence-electron chi connectivity index (χ3n) is 0.905. The van der Waals surface area contributed by atoms with Gasteiger partial charge in [-0.3, -0.25) is 0 Å². The molecule has 0 aromatic rings. The van der Waals surface area contributed by atoms with E-state index in [0.717, 1.165) is 11.6 Å². The second kappa shape index (κ2) is 1.78. The van der Waals surface area contributed by atoms with E-state index in [0.29, 0.717) is 6.67 Å². The van der Waals surface area contributed by atoms with E-state index in [4.69, 9.17) is 0 Å². The molecule has 1 aliphatic rings. The highest BCUT2D eigenvalue weighted by atomic mass is 15.3. The zero-order chi connectivity index (χ0) is 5.98. The van der Waals surface area contributed by atoms with E-state index in [1.807, 2.05) is 0 Å². The Morgan fingerprint density at radius 1 is 1.12 bits per heavy atom. The lowest BCUT2D eigenvalue weighted by Gasteiger charge is -2.21. The topological polar surface area (TPSA) is 36.1 Å². The Bertz CT molecular complexity index is 114. The lowest BCUT2D eigenvalue weighted by Crippen LogP contribution is -2.43. The highest BCUT2D eigenvalue weighted by molar-refractivity contribution is 5.04. The van der Waals surface area contributed by atoms with Crippen LogP contribution in [0.5, 0.6) is 0 Å². The monoisotopic (exact) mass is 111 g/mol. The van der Waals surface area contributed by atoms with E-state index >= 15 is 0 Å². The summed E-state index contributed by atoms with van der Waals surface area (Å²) in [6.45, 7) is 8.00. The molecule has 44 valence electrons. The van der Waals surface area contributed by atoms with Gasteiger partial charge in [-0.2, -0.15) is 0 Å². The molecule has 1 aliphatic heterocycles. The van der Waals surface area contributed by atoms with E-state index in [1.54, 1.807) is 0 Å². The summed E-state index contributed by atoms with van der Waals surface area (Å²) < 4.78 is 0. The first-order valence-electron chi connectivity index (χ1n) is 2.41. The second-order valence-electron chi connectivity index (χ2n) is 1.61. The van der Waals surface area contributed by atoms with Crippen LogP contribution in [0, 0.1) is 0 Å². The van der Waals surface area contributed by atoms with E-state index in [1.165, 1.54) is 0 Å². The van der Waals surface area contributed by atoms with Gasteiger partial charge in [-0.1, -0.05) is 13.2 Å². The third-order valence-corrected chi connectivity index (χ3v) is 0.905. The van der Waals surface area contributed by atoms with Gasteiger partial charge in [0, 0.05) is 0 Å². The Balaban J connectivity index is 2.45. The van der Waals surface area contributed by atoms with Gasteiger partial charge in [-0.05, 0) is 0 Å². The fraction of sp³-hybridized carbons (Fsp3) is 0.200. The fourth-order valence-corrected chi connectivity index (χ4v) is 0.528. The Kier molecular flexibility index (Phi) is 1.12. The average molecular weight is 111 g/mol. The summed E-state index contributed by atoms with van der Waals surface area (Å²) in [6.07, 6.45) is 0. The molecule has 3 heteroatoms. The molecule has 0 saturated carbocycles. The molecule has 1 saturated heterocycles. The van der Waals surface area contributed by atoms with Gasteiger partial charge >= 0.3 is 0 Å². The van der Waals surface area contributed by atoms with Gasteiger partial charge in [-0.15, -0.1) is 0 Å². The van der Waals surface area contributed by atoms with Gasteiger partial charge in [0.05, 0.1) is 18.3 Å². The first kappa shape index (κ1) is 5.03. The zero-order valence-electron chi connectivity index (χ0n) is 4.62. The Labute approximate surface area is 48.5 Å². The molecule has 0 aromatic heterocycles. The molecule has 0 aliphatic carbocycles. The molecule has 8 heavy (non-hydrogen) atoms. The van der Waals surface area contributed by atoms with Crippen molar-refractivity contribution < 1.29 is 0 Å². The summed E-state index contributed by atoms with van der Waals surface area (Å²) in [5.41, 5.74) is 0. The molecule has 1 rings (SSSR count). The van der Waals surface area contributed by atoms with Gasteiger partial charge in [0.25, 0.3) is 0 Å². The lowest BCUT2D eigenvalue weighted by atomic mass is 10.6. The predicted octanol–water partition coefficient (Wildman–Crippen LogP) is -0.331. The number of hydrogen-bond acceptors (Lipinski definition) is 3. The number of nitrogens with one attached hydrogen (secondary N) is 3. The van der Waals surface area contributed by atoms with Crippen LogP contribution in [0.4, 0.5) is 0 Å². The molecule has 0 spiro atoms. The molecular formula is C5H9N3. The van der Waals surface area contributed by atoms with Crippen LogP contribution >= 0.6 is 0 Å². The molecule has 3 nitrogen and oxygen atoms in total. The van der Waals surface area contributed by atoms with Gasteiger partial charge in [0.1, 0.15) is 0 Å². The van der Waals surface area contributed by atoms with Crippen LogP contribution in [-0.4, -0.2) is 6.67 Å². The lowest BCUT2D eigenvalue weighted by molar-refractivity contribution is 0.585. The molecule has 0 unspecified atom stereocenters. The van der Waals surface area contributed by atoms with Crippen molar-refractivity contribution in [1.29, 1.82) is 0 Å². The molecule has 0 radical (unpaired) electrons. The second-order valence-corrected chi connectivity index (χ2v) is 1.61. The van der Waals surface area contributed by atoms with Gasteiger partial charge < -0.3 is 16.0 Å². The molecule has 0 aromatic carbocycles. The van der Waals surface area contributed by atoms with Crippen LogP contribution in [0.3, 0.4) is 0 Å². The molecule has 3 N–H and O–H groups in total. The van der Waals surface area contributed by atoms with Gasteiger partial charge in [-0.25, -0.2) is 0 Å². The summed E-state index contributed by atoms with van der Waals surface area (Å²) in [5, 5.41) is 8.74. The first-order chi connectivity index (χ1) is 3.79. The third kappa shape index (κ3) is 0.932. The number of hydrogen-bond donors (Lipinski definition) is 3. The van der Waals surface area contributed by atoms with E-state index in [-0.39, 0.29) is 0 Å². The van der Waals surface area contributed by atoms with Crippen molar-refractivity contribution in [3.63, 3.8) is 0 Å². The minimum absolute atomic E-state index is 0.713. The fourth-order valence-electron chi connectivity index (χ4n) is 0.528. The van der Waals surface area contributed by atoms with Crippen molar-refractivity contribution in [1.82, 2.24) is 16.0 Å². The molecule has 0 atom stereocenters. The minimum Gasteiger partial charge on any atom is -0.355 e. The van der Waals surface area contributed by atoms with E-state index in [9.17, 15) is 0 Å². The van der Waals surface area contributed by atoms with Gasteiger partial charge in [0.15, 0.2) is 0 Å².